The van der Waals surface area contributed by atoms with Gasteiger partial charge < -0.3 is 10.1 Å². The monoisotopic (exact) mass is 404 g/mol. The molecule has 25 heavy (non-hydrogen) atoms. The van der Waals surface area contributed by atoms with Gasteiger partial charge >= 0.3 is 5.97 Å². The molecule has 0 heterocycles. The Hall–Kier alpha value is -2.18. The van der Waals surface area contributed by atoms with Crippen molar-refractivity contribution in [3.05, 3.63) is 64.1 Å². The first-order valence-electron chi connectivity index (χ1n) is 8.02. The maximum atomic E-state index is 11.8. The summed E-state index contributed by atoms with van der Waals surface area (Å²) in [6.07, 6.45) is 0. The molecule has 2 aromatic rings. The van der Waals surface area contributed by atoms with Crippen molar-refractivity contribution in [2.75, 3.05) is 18.5 Å². The number of carbonyl (C=O) groups is 2. The summed E-state index contributed by atoms with van der Waals surface area (Å²) in [5, 5.41) is 6.08. The van der Waals surface area contributed by atoms with Crippen molar-refractivity contribution in [1.29, 1.82) is 0 Å². The molecule has 0 aliphatic heterocycles. The van der Waals surface area contributed by atoms with Crippen molar-refractivity contribution in [2.24, 2.45) is 0 Å². The zero-order valence-electron chi connectivity index (χ0n) is 14.2. The fourth-order valence-corrected chi connectivity index (χ4v) is 2.90. The van der Waals surface area contributed by atoms with Gasteiger partial charge in [-0.25, -0.2) is 0 Å². The molecule has 2 aromatic carbocycles. The Labute approximate surface area is 155 Å². The van der Waals surface area contributed by atoms with Gasteiger partial charge in [0.05, 0.1) is 19.2 Å². The van der Waals surface area contributed by atoms with Crippen LogP contribution in [0.25, 0.3) is 0 Å². The lowest BCUT2D eigenvalue weighted by Gasteiger charge is -2.22. The Morgan fingerprint density at radius 3 is 2.52 bits per heavy atom. The Kier molecular flexibility index (Phi) is 7.16. The number of nitrogens with one attached hydrogen (secondary N) is 2. The van der Waals surface area contributed by atoms with Crippen molar-refractivity contribution in [3.8, 4) is 0 Å². The summed E-state index contributed by atoms with van der Waals surface area (Å²) in [6.45, 7) is 3.65. The third-order valence-corrected chi connectivity index (χ3v) is 4.02. The molecule has 0 bridgehead atoms. The summed E-state index contributed by atoms with van der Waals surface area (Å²) in [6, 6.07) is 15.1. The lowest BCUT2D eigenvalue weighted by atomic mass is 9.97. The molecule has 0 aromatic heterocycles. The fraction of sp³-hybridized carbons (Fsp3) is 0.263. The second-order valence-electron chi connectivity index (χ2n) is 5.44. The summed E-state index contributed by atoms with van der Waals surface area (Å²) < 4.78 is 5.89. The van der Waals surface area contributed by atoms with E-state index in [1.807, 2.05) is 48.5 Å². The lowest BCUT2D eigenvalue weighted by Crippen LogP contribution is -2.30. The van der Waals surface area contributed by atoms with E-state index in [0.29, 0.717) is 12.3 Å². The Morgan fingerprint density at radius 1 is 1.16 bits per heavy atom. The van der Waals surface area contributed by atoms with Crippen LogP contribution in [-0.2, 0) is 14.3 Å². The van der Waals surface area contributed by atoms with Crippen LogP contribution in [0.2, 0.25) is 0 Å². The van der Waals surface area contributed by atoms with E-state index >= 15 is 0 Å². The third kappa shape index (κ3) is 5.69. The summed E-state index contributed by atoms with van der Waals surface area (Å²) in [4.78, 5) is 23.3. The summed E-state index contributed by atoms with van der Waals surface area (Å²) >= 11 is 3.48. The number of hydrogen-bond acceptors (Lipinski definition) is 4. The van der Waals surface area contributed by atoms with Crippen LogP contribution < -0.4 is 10.6 Å². The first-order chi connectivity index (χ1) is 12.0. The molecule has 0 saturated heterocycles. The van der Waals surface area contributed by atoms with Crippen LogP contribution in [0, 0.1) is 0 Å². The molecule has 0 fully saturated rings. The molecule has 6 heteroatoms. The second-order valence-corrected chi connectivity index (χ2v) is 6.36. The number of hydrogen-bond donors (Lipinski definition) is 2. The summed E-state index contributed by atoms with van der Waals surface area (Å²) in [7, 11) is 0. The molecule has 0 unspecified atom stereocenters. The molecular formula is C19H21BrN2O3. The maximum absolute atomic E-state index is 11.8. The standard InChI is InChI=1S/C19H21BrN2O3/c1-3-25-18(24)12-21-19(14-7-5-4-6-8-14)16-11-15(20)9-10-17(16)22-13(2)23/h4-11,19,21H,3,12H2,1-2H3,(H,22,23)/t19-/m0/s1. The topological polar surface area (TPSA) is 67.4 Å². The van der Waals surface area contributed by atoms with Crippen LogP contribution in [0.3, 0.4) is 0 Å². The summed E-state index contributed by atoms with van der Waals surface area (Å²) in [5.74, 6) is -0.472. The number of carbonyl (C=O) groups excluding carboxylic acids is 2. The van der Waals surface area contributed by atoms with E-state index in [4.69, 9.17) is 4.74 Å². The van der Waals surface area contributed by atoms with Crippen molar-refractivity contribution in [3.63, 3.8) is 0 Å². The average molecular weight is 405 g/mol. The zero-order chi connectivity index (χ0) is 18.2. The average Bonchev–Trinajstić information content (AvgIpc) is 2.58. The van der Waals surface area contributed by atoms with Crippen LogP contribution in [0.1, 0.15) is 31.0 Å². The number of benzene rings is 2. The normalized spacial score (nSPS) is 11.6. The maximum Gasteiger partial charge on any atom is 0.319 e. The minimum Gasteiger partial charge on any atom is -0.465 e. The predicted molar refractivity (Wildman–Crippen MR) is 101 cm³/mol. The number of amides is 1. The fourth-order valence-electron chi connectivity index (χ4n) is 2.53. The van der Waals surface area contributed by atoms with E-state index in [2.05, 4.69) is 26.6 Å². The van der Waals surface area contributed by atoms with Crippen LogP contribution in [0.15, 0.2) is 53.0 Å². The van der Waals surface area contributed by atoms with E-state index in [1.165, 1.54) is 6.92 Å². The molecule has 0 spiro atoms. The van der Waals surface area contributed by atoms with Crippen LogP contribution in [0.5, 0.6) is 0 Å². The molecule has 132 valence electrons. The molecule has 2 rings (SSSR count). The van der Waals surface area contributed by atoms with Gasteiger partial charge in [-0.05, 0) is 36.2 Å². The van der Waals surface area contributed by atoms with E-state index in [1.54, 1.807) is 6.92 Å². The van der Waals surface area contributed by atoms with Crippen molar-refractivity contribution in [1.82, 2.24) is 5.32 Å². The van der Waals surface area contributed by atoms with E-state index in [9.17, 15) is 9.59 Å². The number of halogens is 1. The van der Waals surface area contributed by atoms with E-state index < -0.39 is 0 Å². The van der Waals surface area contributed by atoms with E-state index in [0.717, 1.165) is 15.6 Å². The van der Waals surface area contributed by atoms with Gasteiger partial charge in [0.1, 0.15) is 0 Å². The Morgan fingerprint density at radius 2 is 1.88 bits per heavy atom. The largest absolute Gasteiger partial charge is 0.465 e. The van der Waals surface area contributed by atoms with Crippen molar-refractivity contribution < 1.29 is 14.3 Å². The SMILES string of the molecule is CCOC(=O)CN[C@@H](c1ccccc1)c1cc(Br)ccc1NC(C)=O. The quantitative estimate of drug-likeness (QED) is 0.691. The molecule has 5 nitrogen and oxygen atoms in total. The molecule has 0 aliphatic carbocycles. The molecule has 1 atom stereocenters. The van der Waals surface area contributed by atoms with Gasteiger partial charge in [0.15, 0.2) is 0 Å². The Bertz CT molecular complexity index is 735. The Balaban J connectivity index is 2.39. The third-order valence-electron chi connectivity index (χ3n) is 3.52. The van der Waals surface area contributed by atoms with Crippen LogP contribution in [0.4, 0.5) is 5.69 Å². The smallest absolute Gasteiger partial charge is 0.319 e. The lowest BCUT2D eigenvalue weighted by molar-refractivity contribution is -0.142. The highest BCUT2D eigenvalue weighted by atomic mass is 79.9. The van der Waals surface area contributed by atoms with Gasteiger partial charge in [0.25, 0.3) is 0 Å². The first-order valence-corrected chi connectivity index (χ1v) is 8.81. The number of ether oxygens (including phenoxy) is 1. The van der Waals surface area contributed by atoms with Gasteiger partial charge in [0.2, 0.25) is 5.91 Å². The predicted octanol–water partition coefficient (Wildman–Crippen LogP) is 3.65. The van der Waals surface area contributed by atoms with Gasteiger partial charge in [-0.3, -0.25) is 14.9 Å². The number of anilines is 1. The first kappa shape index (κ1) is 19.1. The highest BCUT2D eigenvalue weighted by molar-refractivity contribution is 9.10. The molecular weight excluding hydrogens is 384 g/mol. The highest BCUT2D eigenvalue weighted by Gasteiger charge is 2.19. The molecule has 1 amide bonds. The molecule has 0 saturated carbocycles. The molecule has 0 aliphatic rings. The number of esters is 1. The van der Waals surface area contributed by atoms with Gasteiger partial charge in [-0.15, -0.1) is 0 Å². The van der Waals surface area contributed by atoms with Crippen LogP contribution in [-0.4, -0.2) is 25.0 Å². The zero-order valence-corrected chi connectivity index (χ0v) is 15.8. The van der Waals surface area contributed by atoms with Gasteiger partial charge in [-0.2, -0.15) is 0 Å². The van der Waals surface area contributed by atoms with Gasteiger partial charge in [0, 0.05) is 17.1 Å². The minimum atomic E-state index is -0.320. The molecule has 0 radical (unpaired) electrons. The van der Waals surface area contributed by atoms with Crippen molar-refractivity contribution >= 4 is 33.5 Å². The van der Waals surface area contributed by atoms with Crippen LogP contribution >= 0.6 is 15.9 Å². The second kappa shape index (κ2) is 9.34. The minimum absolute atomic E-state index is 0.0689. The highest BCUT2D eigenvalue weighted by Crippen LogP contribution is 2.31. The van der Waals surface area contributed by atoms with Gasteiger partial charge in [-0.1, -0.05) is 46.3 Å². The summed E-state index contributed by atoms with van der Waals surface area (Å²) in [5.41, 5.74) is 2.54. The van der Waals surface area contributed by atoms with Crippen molar-refractivity contribution in [2.45, 2.75) is 19.9 Å². The number of rotatable bonds is 7. The molecule has 2 N–H and O–H groups in total. The van der Waals surface area contributed by atoms with E-state index in [-0.39, 0.29) is 24.5 Å².